The van der Waals surface area contributed by atoms with E-state index in [2.05, 4.69) is 46.9 Å². The molecule has 0 spiro atoms. The SMILES string of the molecule is CC(=O)c1cccc(NC(=O)Nc2c(C)nn(Cc3ccc(C)cc3)c2C)c1. The third kappa shape index (κ3) is 4.46. The van der Waals surface area contributed by atoms with Crippen LogP contribution in [0.2, 0.25) is 0 Å². The first-order valence-corrected chi connectivity index (χ1v) is 9.12. The maximum absolute atomic E-state index is 12.4. The van der Waals surface area contributed by atoms with Gasteiger partial charge >= 0.3 is 6.03 Å². The van der Waals surface area contributed by atoms with E-state index >= 15 is 0 Å². The molecular formula is C22H24N4O2. The average molecular weight is 376 g/mol. The van der Waals surface area contributed by atoms with E-state index in [0.29, 0.717) is 23.5 Å². The standard InChI is InChI=1S/C22H24N4O2/c1-14-8-10-18(11-9-14)13-26-16(3)21(15(2)25-26)24-22(28)23-20-7-5-6-19(12-20)17(4)27/h5-12H,13H2,1-4H3,(H2,23,24,28). The highest BCUT2D eigenvalue weighted by atomic mass is 16.2. The number of amides is 2. The van der Waals surface area contributed by atoms with Gasteiger partial charge < -0.3 is 10.6 Å². The van der Waals surface area contributed by atoms with Crippen molar-refractivity contribution in [2.45, 2.75) is 34.2 Å². The summed E-state index contributed by atoms with van der Waals surface area (Å²) in [5, 5.41) is 10.2. The van der Waals surface area contributed by atoms with Crippen molar-refractivity contribution in [1.82, 2.24) is 9.78 Å². The predicted octanol–water partition coefficient (Wildman–Crippen LogP) is 4.70. The molecule has 2 aromatic carbocycles. The van der Waals surface area contributed by atoms with E-state index in [4.69, 9.17) is 0 Å². The van der Waals surface area contributed by atoms with Gasteiger partial charge in [-0.15, -0.1) is 0 Å². The summed E-state index contributed by atoms with van der Waals surface area (Å²) in [7, 11) is 0. The van der Waals surface area contributed by atoms with Crippen molar-refractivity contribution in [2.75, 3.05) is 10.6 Å². The molecule has 2 N–H and O–H groups in total. The summed E-state index contributed by atoms with van der Waals surface area (Å²) in [6, 6.07) is 14.8. The first-order chi connectivity index (χ1) is 13.3. The molecule has 0 atom stereocenters. The highest BCUT2D eigenvalue weighted by Crippen LogP contribution is 2.21. The molecule has 0 aliphatic heterocycles. The Morgan fingerprint density at radius 3 is 2.39 bits per heavy atom. The van der Waals surface area contributed by atoms with Gasteiger partial charge in [0.05, 0.1) is 23.6 Å². The molecule has 0 radical (unpaired) electrons. The molecule has 0 unspecified atom stereocenters. The number of anilines is 2. The Kier molecular flexibility index (Phi) is 5.59. The zero-order chi connectivity index (χ0) is 20.3. The molecule has 2 amide bonds. The molecule has 3 rings (SSSR count). The van der Waals surface area contributed by atoms with Crippen molar-refractivity contribution in [2.24, 2.45) is 0 Å². The first-order valence-electron chi connectivity index (χ1n) is 9.12. The number of carbonyl (C=O) groups excluding carboxylic acids is 2. The molecule has 0 aliphatic carbocycles. The van der Waals surface area contributed by atoms with Crippen molar-refractivity contribution < 1.29 is 9.59 Å². The molecule has 0 fully saturated rings. The van der Waals surface area contributed by atoms with Crippen molar-refractivity contribution >= 4 is 23.2 Å². The minimum atomic E-state index is -0.373. The second-order valence-electron chi connectivity index (χ2n) is 6.91. The highest BCUT2D eigenvalue weighted by molar-refractivity contribution is 6.01. The van der Waals surface area contributed by atoms with Gasteiger partial charge in [-0.2, -0.15) is 5.10 Å². The minimum absolute atomic E-state index is 0.0480. The van der Waals surface area contributed by atoms with E-state index in [1.807, 2.05) is 18.5 Å². The molecule has 1 aromatic heterocycles. The van der Waals surface area contributed by atoms with E-state index < -0.39 is 0 Å². The fourth-order valence-electron chi connectivity index (χ4n) is 2.99. The molecule has 28 heavy (non-hydrogen) atoms. The van der Waals surface area contributed by atoms with Crippen molar-refractivity contribution in [1.29, 1.82) is 0 Å². The van der Waals surface area contributed by atoms with Crippen LogP contribution in [0.25, 0.3) is 0 Å². The van der Waals surface area contributed by atoms with Crippen LogP contribution in [0.5, 0.6) is 0 Å². The second kappa shape index (κ2) is 8.08. The molecule has 3 aromatic rings. The Balaban J connectivity index is 1.72. The van der Waals surface area contributed by atoms with Crippen LogP contribution >= 0.6 is 0 Å². The van der Waals surface area contributed by atoms with Gasteiger partial charge in [0.25, 0.3) is 0 Å². The predicted molar refractivity (Wildman–Crippen MR) is 111 cm³/mol. The summed E-state index contributed by atoms with van der Waals surface area (Å²) in [4.78, 5) is 23.9. The number of hydrogen-bond donors (Lipinski definition) is 2. The molecule has 0 bridgehead atoms. The summed E-state index contributed by atoms with van der Waals surface area (Å²) in [5.74, 6) is -0.0480. The summed E-state index contributed by atoms with van der Waals surface area (Å²) in [6.45, 7) is 7.98. The van der Waals surface area contributed by atoms with Gasteiger partial charge in [-0.1, -0.05) is 42.0 Å². The first kappa shape index (κ1) is 19.4. The lowest BCUT2D eigenvalue weighted by atomic mass is 10.1. The van der Waals surface area contributed by atoms with Gasteiger partial charge in [0, 0.05) is 11.3 Å². The monoisotopic (exact) mass is 376 g/mol. The Labute approximate surface area is 164 Å². The summed E-state index contributed by atoms with van der Waals surface area (Å²) < 4.78 is 1.88. The number of hydrogen-bond acceptors (Lipinski definition) is 3. The Hall–Kier alpha value is -3.41. The topological polar surface area (TPSA) is 76.0 Å². The molecule has 144 valence electrons. The van der Waals surface area contributed by atoms with Crippen LogP contribution in [0, 0.1) is 20.8 Å². The number of urea groups is 1. The Bertz CT molecular complexity index is 1020. The van der Waals surface area contributed by atoms with Gasteiger partial charge in [0.2, 0.25) is 0 Å². The van der Waals surface area contributed by atoms with Crippen molar-refractivity contribution in [3.8, 4) is 0 Å². The molecule has 0 saturated heterocycles. The number of carbonyl (C=O) groups is 2. The quantitative estimate of drug-likeness (QED) is 0.634. The molecule has 6 nitrogen and oxygen atoms in total. The van der Waals surface area contributed by atoms with Crippen LogP contribution in [-0.2, 0) is 6.54 Å². The van der Waals surface area contributed by atoms with E-state index in [9.17, 15) is 9.59 Å². The largest absolute Gasteiger partial charge is 0.323 e. The Morgan fingerprint density at radius 1 is 1.00 bits per heavy atom. The van der Waals surface area contributed by atoms with Gasteiger partial charge in [0.1, 0.15) is 0 Å². The number of nitrogens with one attached hydrogen (secondary N) is 2. The summed E-state index contributed by atoms with van der Waals surface area (Å²) in [5.41, 5.74) is 5.79. The number of aromatic nitrogens is 2. The zero-order valence-electron chi connectivity index (χ0n) is 16.5. The Morgan fingerprint density at radius 2 is 1.71 bits per heavy atom. The fraction of sp³-hybridized carbons (Fsp3) is 0.227. The molecule has 1 heterocycles. The number of aryl methyl sites for hydroxylation is 2. The van der Waals surface area contributed by atoms with Crippen LogP contribution in [0.1, 0.15) is 39.8 Å². The van der Waals surface area contributed by atoms with E-state index in [1.165, 1.54) is 12.5 Å². The van der Waals surface area contributed by atoms with Crippen LogP contribution < -0.4 is 10.6 Å². The second-order valence-corrected chi connectivity index (χ2v) is 6.91. The van der Waals surface area contributed by atoms with Crippen molar-refractivity contribution in [3.05, 3.63) is 76.6 Å². The lowest BCUT2D eigenvalue weighted by molar-refractivity contribution is 0.101. The highest BCUT2D eigenvalue weighted by Gasteiger charge is 2.15. The maximum Gasteiger partial charge on any atom is 0.323 e. The lowest BCUT2D eigenvalue weighted by Gasteiger charge is -2.09. The number of Topliss-reactive ketones (excluding diaryl/α,β-unsaturated/α-hetero) is 1. The van der Waals surface area contributed by atoms with Gasteiger partial charge in [-0.3, -0.25) is 9.48 Å². The van der Waals surface area contributed by atoms with Crippen LogP contribution in [-0.4, -0.2) is 21.6 Å². The number of ketones is 1. The maximum atomic E-state index is 12.4. The number of nitrogens with zero attached hydrogens (tertiary/aromatic N) is 2. The third-order valence-corrected chi connectivity index (χ3v) is 4.60. The molecular weight excluding hydrogens is 352 g/mol. The third-order valence-electron chi connectivity index (χ3n) is 4.60. The van der Waals surface area contributed by atoms with Gasteiger partial charge in [-0.25, -0.2) is 4.79 Å². The number of rotatable bonds is 5. The normalized spacial score (nSPS) is 10.6. The molecule has 6 heteroatoms. The van der Waals surface area contributed by atoms with Crippen LogP contribution in [0.4, 0.5) is 16.2 Å². The van der Waals surface area contributed by atoms with Crippen molar-refractivity contribution in [3.63, 3.8) is 0 Å². The van der Waals surface area contributed by atoms with E-state index in [0.717, 1.165) is 17.0 Å². The fourth-order valence-corrected chi connectivity index (χ4v) is 2.99. The lowest BCUT2D eigenvalue weighted by Crippen LogP contribution is -2.20. The molecule has 0 saturated carbocycles. The molecule has 0 aliphatic rings. The zero-order valence-corrected chi connectivity index (χ0v) is 16.5. The van der Waals surface area contributed by atoms with Gasteiger partial charge in [-0.05, 0) is 45.4 Å². The smallest absolute Gasteiger partial charge is 0.308 e. The number of benzene rings is 2. The van der Waals surface area contributed by atoms with Gasteiger partial charge in [0.15, 0.2) is 5.78 Å². The minimum Gasteiger partial charge on any atom is -0.308 e. The van der Waals surface area contributed by atoms with E-state index in [-0.39, 0.29) is 11.8 Å². The summed E-state index contributed by atoms with van der Waals surface area (Å²) >= 11 is 0. The average Bonchev–Trinajstić information content (AvgIpc) is 2.91. The van der Waals surface area contributed by atoms with E-state index in [1.54, 1.807) is 24.3 Å². The van der Waals surface area contributed by atoms with Crippen LogP contribution in [0.15, 0.2) is 48.5 Å². The summed E-state index contributed by atoms with van der Waals surface area (Å²) in [6.07, 6.45) is 0. The van der Waals surface area contributed by atoms with Crippen LogP contribution in [0.3, 0.4) is 0 Å².